The summed E-state index contributed by atoms with van der Waals surface area (Å²) in [5.41, 5.74) is 0.234. The third-order valence-corrected chi connectivity index (χ3v) is 1.24. The first-order valence-corrected chi connectivity index (χ1v) is 3.08. The third-order valence-electron chi connectivity index (χ3n) is 1.24. The van der Waals surface area contributed by atoms with Crippen LogP contribution in [0.2, 0.25) is 0 Å². The summed E-state index contributed by atoms with van der Waals surface area (Å²) >= 11 is 0. The Morgan fingerprint density at radius 3 is 2.67 bits per heavy atom. The molecular weight excluding hydrogens is 173 g/mol. The molecule has 1 rings (SSSR count). The van der Waals surface area contributed by atoms with Crippen LogP contribution in [0.1, 0.15) is 5.56 Å². The number of hydrogen-bond donors (Lipinski definition) is 1. The Bertz CT molecular complexity index is 265. The lowest BCUT2D eigenvalue weighted by atomic mass is 10.2. The predicted octanol–water partition coefficient (Wildman–Crippen LogP) is 1.08. The topological polar surface area (TPSA) is 45.8 Å². The van der Waals surface area contributed by atoms with Crippen LogP contribution in [0.4, 0.5) is 13.2 Å². The lowest BCUT2D eigenvalue weighted by molar-refractivity contribution is -0.170. The summed E-state index contributed by atoms with van der Waals surface area (Å²) in [6.07, 6.45) is -2.97. The van der Waals surface area contributed by atoms with Crippen LogP contribution in [0.5, 0.6) is 0 Å². The number of halogens is 3. The molecule has 0 atom stereocenters. The Hall–Kier alpha value is -1.33. The summed E-state index contributed by atoms with van der Waals surface area (Å²) in [6.45, 7) is 0. The minimum Gasteiger partial charge on any atom is -0.289 e. The number of carbonyl (C=O) groups is 1. The van der Waals surface area contributed by atoms with E-state index >= 15 is 0 Å². The van der Waals surface area contributed by atoms with Crippen molar-refractivity contribution in [3.8, 4) is 0 Å². The van der Waals surface area contributed by atoms with E-state index in [1.165, 1.54) is 12.4 Å². The molecule has 0 bridgehead atoms. The van der Waals surface area contributed by atoms with E-state index in [-0.39, 0.29) is 5.56 Å². The SMILES string of the molecule is O=C(Cc1cn[nH]c1)C(F)(F)F. The number of aromatic nitrogens is 2. The van der Waals surface area contributed by atoms with Crippen LogP contribution in [-0.2, 0) is 11.2 Å². The Morgan fingerprint density at radius 2 is 2.25 bits per heavy atom. The van der Waals surface area contributed by atoms with Crippen molar-refractivity contribution in [1.29, 1.82) is 0 Å². The van der Waals surface area contributed by atoms with Crippen LogP contribution < -0.4 is 0 Å². The average molecular weight is 178 g/mol. The molecule has 0 radical (unpaired) electrons. The predicted molar refractivity (Wildman–Crippen MR) is 33.4 cm³/mol. The number of rotatable bonds is 2. The molecule has 1 aromatic heterocycles. The smallest absolute Gasteiger partial charge is 0.289 e. The average Bonchev–Trinajstić information content (AvgIpc) is 2.37. The fourth-order valence-corrected chi connectivity index (χ4v) is 0.660. The first-order chi connectivity index (χ1) is 5.50. The zero-order valence-corrected chi connectivity index (χ0v) is 5.85. The number of alkyl halides is 3. The van der Waals surface area contributed by atoms with Crippen molar-refractivity contribution in [3.05, 3.63) is 18.0 Å². The Labute approximate surface area is 65.6 Å². The molecule has 0 unspecified atom stereocenters. The van der Waals surface area contributed by atoms with Gasteiger partial charge in [-0.15, -0.1) is 0 Å². The van der Waals surface area contributed by atoms with Gasteiger partial charge in [-0.2, -0.15) is 18.3 Å². The van der Waals surface area contributed by atoms with Crippen LogP contribution in [-0.4, -0.2) is 22.2 Å². The van der Waals surface area contributed by atoms with Crippen LogP contribution >= 0.6 is 0 Å². The van der Waals surface area contributed by atoms with Crippen LogP contribution in [0.15, 0.2) is 12.4 Å². The molecule has 0 fully saturated rings. The van der Waals surface area contributed by atoms with Gasteiger partial charge in [0, 0.05) is 12.6 Å². The quantitative estimate of drug-likeness (QED) is 0.736. The molecule has 12 heavy (non-hydrogen) atoms. The van der Waals surface area contributed by atoms with E-state index in [4.69, 9.17) is 0 Å². The van der Waals surface area contributed by atoms with Gasteiger partial charge in [-0.3, -0.25) is 9.89 Å². The monoisotopic (exact) mass is 178 g/mol. The van der Waals surface area contributed by atoms with Crippen LogP contribution in [0.3, 0.4) is 0 Å². The van der Waals surface area contributed by atoms with Crippen molar-refractivity contribution in [2.75, 3.05) is 0 Å². The van der Waals surface area contributed by atoms with Gasteiger partial charge in [0.25, 0.3) is 0 Å². The molecule has 0 aliphatic carbocycles. The number of hydrogen-bond acceptors (Lipinski definition) is 2. The van der Waals surface area contributed by atoms with E-state index in [1.807, 2.05) is 0 Å². The summed E-state index contributed by atoms with van der Waals surface area (Å²) in [7, 11) is 0. The maximum absolute atomic E-state index is 11.7. The summed E-state index contributed by atoms with van der Waals surface area (Å²) in [6, 6.07) is 0. The molecule has 0 aromatic carbocycles. The van der Waals surface area contributed by atoms with Gasteiger partial charge >= 0.3 is 6.18 Å². The zero-order chi connectivity index (χ0) is 9.19. The minimum atomic E-state index is -4.75. The molecule has 3 nitrogen and oxygen atoms in total. The second kappa shape index (κ2) is 2.96. The first-order valence-electron chi connectivity index (χ1n) is 3.08. The number of aromatic amines is 1. The zero-order valence-electron chi connectivity index (χ0n) is 5.85. The van der Waals surface area contributed by atoms with E-state index in [9.17, 15) is 18.0 Å². The van der Waals surface area contributed by atoms with E-state index in [2.05, 4.69) is 10.2 Å². The third kappa shape index (κ3) is 2.08. The second-order valence-corrected chi connectivity index (χ2v) is 2.20. The van der Waals surface area contributed by atoms with Gasteiger partial charge in [0.15, 0.2) is 0 Å². The molecule has 0 saturated heterocycles. The Balaban J connectivity index is 2.60. The number of nitrogens with zero attached hydrogens (tertiary/aromatic N) is 1. The maximum atomic E-state index is 11.7. The van der Waals surface area contributed by atoms with Crippen molar-refractivity contribution in [1.82, 2.24) is 10.2 Å². The number of Topliss-reactive ketones (excluding diaryl/α,β-unsaturated/α-hetero) is 1. The van der Waals surface area contributed by atoms with Crippen molar-refractivity contribution in [2.24, 2.45) is 0 Å². The Kier molecular flexibility index (Phi) is 2.16. The standard InChI is InChI=1S/C6H5F3N2O/c7-6(8,9)5(12)1-4-2-10-11-3-4/h2-3H,1H2,(H,10,11). The van der Waals surface area contributed by atoms with E-state index < -0.39 is 18.4 Å². The summed E-state index contributed by atoms with van der Waals surface area (Å²) in [5, 5.41) is 5.73. The van der Waals surface area contributed by atoms with E-state index in [0.29, 0.717) is 0 Å². The number of H-pyrrole nitrogens is 1. The van der Waals surface area contributed by atoms with Crippen molar-refractivity contribution < 1.29 is 18.0 Å². The summed E-state index contributed by atoms with van der Waals surface area (Å²) in [5.74, 6) is -1.76. The summed E-state index contributed by atoms with van der Waals surface area (Å²) < 4.78 is 35.0. The lowest BCUT2D eigenvalue weighted by Crippen LogP contribution is -2.24. The number of carbonyl (C=O) groups excluding carboxylic acids is 1. The van der Waals surface area contributed by atoms with Gasteiger partial charge in [0.05, 0.1) is 6.20 Å². The summed E-state index contributed by atoms with van der Waals surface area (Å²) in [4.78, 5) is 10.4. The van der Waals surface area contributed by atoms with Crippen LogP contribution in [0, 0.1) is 0 Å². The maximum Gasteiger partial charge on any atom is 0.450 e. The van der Waals surface area contributed by atoms with E-state index in [0.717, 1.165) is 0 Å². The molecule has 66 valence electrons. The van der Waals surface area contributed by atoms with E-state index in [1.54, 1.807) is 0 Å². The van der Waals surface area contributed by atoms with Crippen molar-refractivity contribution in [2.45, 2.75) is 12.6 Å². The highest BCUT2D eigenvalue weighted by Gasteiger charge is 2.37. The number of ketones is 1. The molecule has 1 heterocycles. The first kappa shape index (κ1) is 8.76. The second-order valence-electron chi connectivity index (χ2n) is 2.20. The molecular formula is C6H5F3N2O. The van der Waals surface area contributed by atoms with Gasteiger partial charge in [-0.05, 0) is 5.56 Å². The lowest BCUT2D eigenvalue weighted by Gasteiger charge is -2.01. The molecule has 6 heteroatoms. The molecule has 0 spiro atoms. The largest absolute Gasteiger partial charge is 0.450 e. The molecule has 0 amide bonds. The minimum absolute atomic E-state index is 0.234. The Morgan fingerprint density at radius 1 is 1.58 bits per heavy atom. The fraction of sp³-hybridized carbons (Fsp3) is 0.333. The van der Waals surface area contributed by atoms with Crippen molar-refractivity contribution >= 4 is 5.78 Å². The van der Waals surface area contributed by atoms with Crippen molar-refractivity contribution in [3.63, 3.8) is 0 Å². The van der Waals surface area contributed by atoms with Crippen LogP contribution in [0.25, 0.3) is 0 Å². The highest BCUT2D eigenvalue weighted by molar-refractivity contribution is 5.85. The van der Waals surface area contributed by atoms with Gasteiger partial charge in [0.2, 0.25) is 5.78 Å². The molecule has 0 saturated carbocycles. The number of nitrogens with one attached hydrogen (secondary N) is 1. The normalized spacial score (nSPS) is 11.6. The highest BCUT2D eigenvalue weighted by Crippen LogP contribution is 2.18. The molecule has 0 aliphatic heterocycles. The molecule has 1 N–H and O–H groups in total. The van der Waals surface area contributed by atoms with Gasteiger partial charge in [-0.25, -0.2) is 0 Å². The van der Waals surface area contributed by atoms with Gasteiger partial charge < -0.3 is 0 Å². The van der Waals surface area contributed by atoms with Gasteiger partial charge in [0.1, 0.15) is 0 Å². The molecule has 1 aromatic rings. The fourth-order valence-electron chi connectivity index (χ4n) is 0.660. The highest BCUT2D eigenvalue weighted by atomic mass is 19.4. The molecule has 0 aliphatic rings. The van der Waals surface area contributed by atoms with Gasteiger partial charge in [-0.1, -0.05) is 0 Å².